The molecular weight excluding hydrogens is 327 g/mol. The summed E-state index contributed by atoms with van der Waals surface area (Å²) in [6, 6.07) is 13.0. The summed E-state index contributed by atoms with van der Waals surface area (Å²) in [5.41, 5.74) is 1.27. The smallest absolute Gasteiger partial charge is 0.234 e. The van der Waals surface area contributed by atoms with Crippen molar-refractivity contribution >= 4 is 35.0 Å². The Morgan fingerprint density at radius 2 is 1.62 bits per heavy atom. The van der Waals surface area contributed by atoms with Crippen molar-refractivity contribution in [3.05, 3.63) is 54.3 Å². The molecule has 2 amide bonds. The molecule has 2 aromatic rings. The summed E-state index contributed by atoms with van der Waals surface area (Å²) in [5.74, 6) is -0.294. The van der Waals surface area contributed by atoms with Gasteiger partial charge in [-0.25, -0.2) is 4.39 Å². The second-order valence-electron chi connectivity index (χ2n) is 5.17. The Bertz CT molecular complexity index is 704. The second-order valence-corrected chi connectivity index (χ2v) is 6.22. The number of nitrogens with one attached hydrogen (secondary N) is 2. The molecule has 2 aromatic carbocycles. The van der Waals surface area contributed by atoms with Crippen LogP contribution < -0.4 is 10.6 Å². The van der Waals surface area contributed by atoms with Crippen molar-refractivity contribution in [3.63, 3.8) is 0 Å². The van der Waals surface area contributed by atoms with E-state index in [0.29, 0.717) is 17.8 Å². The summed E-state index contributed by atoms with van der Waals surface area (Å²) in [4.78, 5) is 24.4. The summed E-state index contributed by atoms with van der Waals surface area (Å²) < 4.78 is 12.8. The molecule has 0 saturated carbocycles. The van der Waals surface area contributed by atoms with Crippen molar-refractivity contribution in [2.75, 3.05) is 16.4 Å². The van der Waals surface area contributed by atoms with Gasteiger partial charge in [0.1, 0.15) is 5.82 Å². The second kappa shape index (κ2) is 9.08. The molecule has 0 saturated heterocycles. The third-order valence-electron chi connectivity index (χ3n) is 3.09. The maximum atomic E-state index is 12.8. The van der Waals surface area contributed by atoms with Gasteiger partial charge in [0.05, 0.1) is 5.75 Å². The first-order chi connectivity index (χ1) is 11.6. The molecule has 0 radical (unpaired) electrons. The van der Waals surface area contributed by atoms with Crippen LogP contribution >= 0.6 is 11.8 Å². The molecule has 2 N–H and O–H groups in total. The van der Waals surface area contributed by atoms with E-state index < -0.39 is 0 Å². The Balaban J connectivity index is 1.87. The minimum Gasteiger partial charge on any atom is -0.326 e. The van der Waals surface area contributed by atoms with Crippen molar-refractivity contribution in [1.82, 2.24) is 0 Å². The molecule has 0 aliphatic heterocycles. The highest BCUT2D eigenvalue weighted by molar-refractivity contribution is 8.00. The largest absolute Gasteiger partial charge is 0.326 e. The molecular formula is C18H19FN2O2S. The van der Waals surface area contributed by atoms with Crippen LogP contribution in [-0.2, 0) is 9.59 Å². The zero-order valence-corrected chi connectivity index (χ0v) is 14.2. The standard InChI is InChI=1S/C18H19FN2O2S/c1-2-4-17(22)20-14-5-3-6-15(11-14)21-18(23)12-24-16-9-7-13(19)8-10-16/h3,5-11H,2,4,12H2,1H3,(H,20,22)(H,21,23). The zero-order chi connectivity index (χ0) is 17.4. The molecule has 0 fully saturated rings. The van der Waals surface area contributed by atoms with Crippen LogP contribution in [0.25, 0.3) is 0 Å². The molecule has 0 unspecified atom stereocenters. The average Bonchev–Trinajstić information content (AvgIpc) is 2.55. The minimum atomic E-state index is -0.300. The van der Waals surface area contributed by atoms with Crippen molar-refractivity contribution < 1.29 is 14.0 Å². The van der Waals surface area contributed by atoms with Gasteiger partial charge >= 0.3 is 0 Å². The number of carbonyl (C=O) groups excluding carboxylic acids is 2. The monoisotopic (exact) mass is 346 g/mol. The van der Waals surface area contributed by atoms with Gasteiger partial charge in [-0.3, -0.25) is 9.59 Å². The first-order valence-electron chi connectivity index (χ1n) is 7.65. The van der Waals surface area contributed by atoms with Crippen LogP contribution in [0.4, 0.5) is 15.8 Å². The lowest BCUT2D eigenvalue weighted by Crippen LogP contribution is -2.15. The van der Waals surface area contributed by atoms with E-state index in [1.807, 2.05) is 6.92 Å². The van der Waals surface area contributed by atoms with E-state index in [-0.39, 0.29) is 23.4 Å². The Hall–Kier alpha value is -2.34. The Kier molecular flexibility index (Phi) is 6.81. The van der Waals surface area contributed by atoms with E-state index in [2.05, 4.69) is 10.6 Å². The third kappa shape index (κ3) is 6.04. The van der Waals surface area contributed by atoms with Crippen LogP contribution in [0.3, 0.4) is 0 Å². The molecule has 0 bridgehead atoms. The van der Waals surface area contributed by atoms with Crippen molar-refractivity contribution in [3.8, 4) is 0 Å². The van der Waals surface area contributed by atoms with Crippen LogP contribution in [0.15, 0.2) is 53.4 Å². The van der Waals surface area contributed by atoms with E-state index >= 15 is 0 Å². The number of halogens is 1. The summed E-state index contributed by atoms with van der Waals surface area (Å²) in [6.45, 7) is 1.94. The molecule has 0 spiro atoms. The lowest BCUT2D eigenvalue weighted by Gasteiger charge is -2.08. The van der Waals surface area contributed by atoms with Gasteiger partial charge in [0.15, 0.2) is 0 Å². The topological polar surface area (TPSA) is 58.2 Å². The summed E-state index contributed by atoms with van der Waals surface area (Å²) in [6.07, 6.45) is 1.24. The van der Waals surface area contributed by atoms with Crippen molar-refractivity contribution in [1.29, 1.82) is 0 Å². The van der Waals surface area contributed by atoms with Crippen LogP contribution in [0.5, 0.6) is 0 Å². The predicted octanol–water partition coefficient (Wildman–Crippen LogP) is 4.30. The fourth-order valence-corrected chi connectivity index (χ4v) is 2.70. The van der Waals surface area contributed by atoms with E-state index in [1.54, 1.807) is 36.4 Å². The number of carbonyl (C=O) groups is 2. The molecule has 0 heterocycles. The van der Waals surface area contributed by atoms with Gasteiger partial charge in [-0.1, -0.05) is 13.0 Å². The fourth-order valence-electron chi connectivity index (χ4n) is 2.00. The molecule has 0 aromatic heterocycles. The highest BCUT2D eigenvalue weighted by Gasteiger charge is 2.06. The number of hydrogen-bond donors (Lipinski definition) is 2. The Morgan fingerprint density at radius 3 is 2.25 bits per heavy atom. The Labute approximate surface area is 144 Å². The van der Waals surface area contributed by atoms with Crippen LogP contribution in [0.2, 0.25) is 0 Å². The molecule has 0 aliphatic rings. The molecule has 0 aliphatic carbocycles. The summed E-state index contributed by atoms with van der Waals surface area (Å²) in [5, 5.41) is 5.57. The summed E-state index contributed by atoms with van der Waals surface area (Å²) in [7, 11) is 0. The first-order valence-corrected chi connectivity index (χ1v) is 8.63. The number of anilines is 2. The summed E-state index contributed by atoms with van der Waals surface area (Å²) >= 11 is 1.33. The number of rotatable bonds is 7. The third-order valence-corrected chi connectivity index (χ3v) is 4.10. The van der Waals surface area contributed by atoms with Gasteiger partial charge < -0.3 is 10.6 Å². The van der Waals surface area contributed by atoms with Gasteiger partial charge in [0.2, 0.25) is 11.8 Å². The Morgan fingerprint density at radius 1 is 1.00 bits per heavy atom. The normalized spacial score (nSPS) is 10.2. The molecule has 6 heteroatoms. The highest BCUT2D eigenvalue weighted by atomic mass is 32.2. The van der Waals surface area contributed by atoms with E-state index in [9.17, 15) is 14.0 Å². The number of thioether (sulfide) groups is 1. The van der Waals surface area contributed by atoms with Gasteiger partial charge in [0.25, 0.3) is 0 Å². The molecule has 2 rings (SSSR count). The number of amides is 2. The fraction of sp³-hybridized carbons (Fsp3) is 0.222. The zero-order valence-electron chi connectivity index (χ0n) is 13.3. The molecule has 0 atom stereocenters. The first kappa shape index (κ1) is 18.0. The maximum Gasteiger partial charge on any atom is 0.234 e. The minimum absolute atomic E-state index is 0.0483. The van der Waals surface area contributed by atoms with Crippen molar-refractivity contribution in [2.45, 2.75) is 24.7 Å². The predicted molar refractivity (Wildman–Crippen MR) is 95.7 cm³/mol. The maximum absolute atomic E-state index is 12.8. The average molecular weight is 346 g/mol. The lowest BCUT2D eigenvalue weighted by atomic mass is 10.2. The molecule has 24 heavy (non-hydrogen) atoms. The number of hydrogen-bond acceptors (Lipinski definition) is 3. The quantitative estimate of drug-likeness (QED) is 0.735. The van der Waals surface area contributed by atoms with Crippen LogP contribution in [0, 0.1) is 5.82 Å². The van der Waals surface area contributed by atoms with E-state index in [4.69, 9.17) is 0 Å². The van der Waals surface area contributed by atoms with Gasteiger partial charge in [-0.2, -0.15) is 0 Å². The van der Waals surface area contributed by atoms with Gasteiger partial charge in [-0.15, -0.1) is 11.8 Å². The van der Waals surface area contributed by atoms with Gasteiger partial charge in [-0.05, 0) is 48.9 Å². The van der Waals surface area contributed by atoms with E-state index in [1.165, 1.54) is 23.9 Å². The molecule has 126 valence electrons. The number of benzene rings is 2. The van der Waals surface area contributed by atoms with E-state index in [0.717, 1.165) is 11.3 Å². The SMILES string of the molecule is CCCC(=O)Nc1cccc(NC(=O)CSc2ccc(F)cc2)c1. The van der Waals surface area contributed by atoms with Crippen molar-refractivity contribution in [2.24, 2.45) is 0 Å². The van der Waals surface area contributed by atoms with Crippen LogP contribution in [-0.4, -0.2) is 17.6 Å². The molecule has 4 nitrogen and oxygen atoms in total. The van der Waals surface area contributed by atoms with Gasteiger partial charge in [0, 0.05) is 22.7 Å². The van der Waals surface area contributed by atoms with Crippen LogP contribution in [0.1, 0.15) is 19.8 Å². The lowest BCUT2D eigenvalue weighted by molar-refractivity contribution is -0.116. The highest BCUT2D eigenvalue weighted by Crippen LogP contribution is 2.19.